The van der Waals surface area contributed by atoms with Crippen molar-refractivity contribution in [1.82, 2.24) is 20.5 Å². The number of hydrogen-bond acceptors (Lipinski definition) is 4. The second-order valence-electron chi connectivity index (χ2n) is 6.63. The molecule has 1 aromatic heterocycles. The molecule has 0 aliphatic carbocycles. The van der Waals surface area contributed by atoms with Gasteiger partial charge in [0.1, 0.15) is 5.01 Å². The molecular formula is C19H27N5S. The molecule has 0 bridgehead atoms. The Bertz CT molecular complexity index is 697. The van der Waals surface area contributed by atoms with E-state index in [2.05, 4.69) is 69.7 Å². The SMILES string of the molecule is CN=C(NCc1ncc(C)s1)NC1CC(C)N(Cc2ccccc2)C1. The number of aliphatic imine (C=N–C) groups is 1. The first kappa shape index (κ1) is 17.9. The van der Waals surface area contributed by atoms with Crippen LogP contribution in [0.5, 0.6) is 0 Å². The zero-order chi connectivity index (χ0) is 17.6. The summed E-state index contributed by atoms with van der Waals surface area (Å²) < 4.78 is 0. The first-order valence-corrected chi connectivity index (χ1v) is 9.62. The Morgan fingerprint density at radius 3 is 2.84 bits per heavy atom. The maximum atomic E-state index is 4.39. The van der Waals surface area contributed by atoms with Gasteiger partial charge in [0.2, 0.25) is 0 Å². The summed E-state index contributed by atoms with van der Waals surface area (Å²) >= 11 is 1.72. The van der Waals surface area contributed by atoms with Gasteiger partial charge in [0, 0.05) is 43.3 Å². The fraction of sp³-hybridized carbons (Fsp3) is 0.474. The van der Waals surface area contributed by atoms with Crippen LogP contribution in [0.15, 0.2) is 41.5 Å². The molecule has 5 nitrogen and oxygen atoms in total. The minimum atomic E-state index is 0.419. The van der Waals surface area contributed by atoms with Crippen molar-refractivity contribution in [2.45, 2.75) is 45.4 Å². The minimum Gasteiger partial charge on any atom is -0.352 e. The molecule has 2 unspecified atom stereocenters. The number of hydrogen-bond donors (Lipinski definition) is 2. The lowest BCUT2D eigenvalue weighted by molar-refractivity contribution is 0.258. The first-order valence-electron chi connectivity index (χ1n) is 8.80. The molecule has 25 heavy (non-hydrogen) atoms. The number of aromatic nitrogens is 1. The third-order valence-electron chi connectivity index (χ3n) is 4.57. The average molecular weight is 358 g/mol. The van der Waals surface area contributed by atoms with Crippen LogP contribution in [0.3, 0.4) is 0 Å². The molecule has 1 fully saturated rings. The van der Waals surface area contributed by atoms with E-state index in [1.807, 2.05) is 13.2 Å². The summed E-state index contributed by atoms with van der Waals surface area (Å²) in [5.74, 6) is 0.853. The van der Waals surface area contributed by atoms with E-state index in [-0.39, 0.29) is 0 Å². The van der Waals surface area contributed by atoms with Crippen molar-refractivity contribution in [2.75, 3.05) is 13.6 Å². The first-order chi connectivity index (χ1) is 12.1. The monoisotopic (exact) mass is 357 g/mol. The number of likely N-dealkylation sites (tertiary alicyclic amines) is 1. The van der Waals surface area contributed by atoms with Crippen LogP contribution in [0.4, 0.5) is 0 Å². The molecule has 0 radical (unpaired) electrons. The van der Waals surface area contributed by atoms with E-state index in [9.17, 15) is 0 Å². The van der Waals surface area contributed by atoms with E-state index in [0.29, 0.717) is 18.6 Å². The molecule has 2 aromatic rings. The number of nitrogens with one attached hydrogen (secondary N) is 2. The fourth-order valence-electron chi connectivity index (χ4n) is 3.27. The molecule has 2 atom stereocenters. The quantitative estimate of drug-likeness (QED) is 0.638. The minimum absolute atomic E-state index is 0.419. The van der Waals surface area contributed by atoms with Gasteiger partial charge < -0.3 is 10.6 Å². The van der Waals surface area contributed by atoms with E-state index in [1.54, 1.807) is 11.3 Å². The van der Waals surface area contributed by atoms with Gasteiger partial charge in [0.25, 0.3) is 0 Å². The van der Waals surface area contributed by atoms with Crippen molar-refractivity contribution in [3.05, 3.63) is 52.0 Å². The van der Waals surface area contributed by atoms with Gasteiger partial charge in [-0.2, -0.15) is 0 Å². The molecule has 1 aliphatic heterocycles. The molecule has 6 heteroatoms. The van der Waals surface area contributed by atoms with Crippen LogP contribution in [-0.2, 0) is 13.1 Å². The highest BCUT2D eigenvalue weighted by molar-refractivity contribution is 7.11. The van der Waals surface area contributed by atoms with Crippen molar-refractivity contribution in [2.24, 2.45) is 4.99 Å². The van der Waals surface area contributed by atoms with Crippen LogP contribution in [0, 0.1) is 6.92 Å². The maximum Gasteiger partial charge on any atom is 0.191 e. The lowest BCUT2D eigenvalue weighted by Crippen LogP contribution is -2.44. The molecule has 2 N–H and O–H groups in total. The Balaban J connectivity index is 1.50. The van der Waals surface area contributed by atoms with E-state index in [0.717, 1.165) is 30.5 Å². The molecule has 2 heterocycles. The van der Waals surface area contributed by atoms with Crippen LogP contribution >= 0.6 is 11.3 Å². The van der Waals surface area contributed by atoms with Crippen LogP contribution in [0.1, 0.15) is 28.8 Å². The highest BCUT2D eigenvalue weighted by atomic mass is 32.1. The molecular weight excluding hydrogens is 330 g/mol. The molecule has 3 rings (SSSR count). The predicted molar refractivity (Wildman–Crippen MR) is 105 cm³/mol. The summed E-state index contributed by atoms with van der Waals surface area (Å²) in [5, 5.41) is 8.03. The van der Waals surface area contributed by atoms with E-state index < -0.39 is 0 Å². The highest BCUT2D eigenvalue weighted by Crippen LogP contribution is 2.20. The zero-order valence-corrected chi connectivity index (χ0v) is 16.0. The lowest BCUT2D eigenvalue weighted by Gasteiger charge is -2.21. The highest BCUT2D eigenvalue weighted by Gasteiger charge is 2.29. The van der Waals surface area contributed by atoms with E-state index in [1.165, 1.54) is 10.4 Å². The predicted octanol–water partition coefficient (Wildman–Crippen LogP) is 2.78. The third kappa shape index (κ3) is 5.03. The van der Waals surface area contributed by atoms with Crippen LogP contribution in [0.25, 0.3) is 0 Å². The van der Waals surface area contributed by atoms with E-state index >= 15 is 0 Å². The topological polar surface area (TPSA) is 52.6 Å². The molecule has 134 valence electrons. The van der Waals surface area contributed by atoms with Gasteiger partial charge in [-0.25, -0.2) is 4.98 Å². The molecule has 0 saturated carbocycles. The fourth-order valence-corrected chi connectivity index (χ4v) is 4.00. The van der Waals surface area contributed by atoms with Gasteiger partial charge in [-0.3, -0.25) is 9.89 Å². The standard InChI is InChI=1S/C19H27N5S/c1-14-9-17(13-24(14)12-16-7-5-4-6-8-16)23-19(20-3)22-11-18-21-10-15(2)25-18/h4-8,10,14,17H,9,11-13H2,1-3H3,(H2,20,22,23). The average Bonchev–Trinajstić information content (AvgIpc) is 3.18. The Labute approximate surface area is 154 Å². The number of guanidine groups is 1. The molecule has 0 spiro atoms. The number of rotatable bonds is 5. The summed E-state index contributed by atoms with van der Waals surface area (Å²) in [6.07, 6.45) is 3.04. The van der Waals surface area contributed by atoms with Gasteiger partial charge in [-0.05, 0) is 25.8 Å². The summed E-state index contributed by atoms with van der Waals surface area (Å²) in [5.41, 5.74) is 1.37. The summed E-state index contributed by atoms with van der Waals surface area (Å²) in [7, 11) is 1.82. The second kappa shape index (κ2) is 8.45. The molecule has 1 aromatic carbocycles. The number of thiazole rings is 1. The summed E-state index contributed by atoms with van der Waals surface area (Å²) in [4.78, 5) is 12.5. The zero-order valence-electron chi connectivity index (χ0n) is 15.2. The largest absolute Gasteiger partial charge is 0.352 e. The lowest BCUT2D eigenvalue weighted by atomic mass is 10.2. The molecule has 1 aliphatic rings. The summed E-state index contributed by atoms with van der Waals surface area (Å²) in [6, 6.07) is 11.7. The van der Waals surface area contributed by atoms with Crippen LogP contribution < -0.4 is 10.6 Å². The van der Waals surface area contributed by atoms with Gasteiger partial charge in [-0.1, -0.05) is 30.3 Å². The van der Waals surface area contributed by atoms with Crippen molar-refractivity contribution in [1.29, 1.82) is 0 Å². The van der Waals surface area contributed by atoms with Crippen molar-refractivity contribution in [3.63, 3.8) is 0 Å². The molecule has 1 saturated heterocycles. The third-order valence-corrected chi connectivity index (χ3v) is 5.49. The van der Waals surface area contributed by atoms with Crippen LogP contribution in [-0.4, -0.2) is 41.5 Å². The smallest absolute Gasteiger partial charge is 0.191 e. The Kier molecular flexibility index (Phi) is 6.04. The number of aryl methyl sites for hydroxylation is 1. The van der Waals surface area contributed by atoms with Crippen molar-refractivity contribution < 1.29 is 0 Å². The van der Waals surface area contributed by atoms with E-state index in [4.69, 9.17) is 0 Å². The Morgan fingerprint density at radius 1 is 1.36 bits per heavy atom. The maximum absolute atomic E-state index is 4.39. The number of nitrogens with zero attached hydrogens (tertiary/aromatic N) is 3. The number of benzene rings is 1. The van der Waals surface area contributed by atoms with Crippen LogP contribution in [0.2, 0.25) is 0 Å². The Morgan fingerprint density at radius 2 is 2.16 bits per heavy atom. The van der Waals surface area contributed by atoms with Gasteiger partial charge in [0.15, 0.2) is 5.96 Å². The van der Waals surface area contributed by atoms with Gasteiger partial charge in [-0.15, -0.1) is 11.3 Å². The van der Waals surface area contributed by atoms with Gasteiger partial charge >= 0.3 is 0 Å². The second-order valence-corrected chi connectivity index (χ2v) is 7.95. The summed E-state index contributed by atoms with van der Waals surface area (Å²) in [6.45, 7) is 7.14. The normalized spacial score (nSPS) is 21.5. The van der Waals surface area contributed by atoms with Gasteiger partial charge in [0.05, 0.1) is 6.54 Å². The van der Waals surface area contributed by atoms with Crippen molar-refractivity contribution >= 4 is 17.3 Å². The Hall–Kier alpha value is -1.92. The molecule has 0 amide bonds. The van der Waals surface area contributed by atoms with Crippen molar-refractivity contribution in [3.8, 4) is 0 Å².